The van der Waals surface area contributed by atoms with E-state index in [9.17, 15) is 4.57 Å². The lowest BCUT2D eigenvalue weighted by Crippen LogP contribution is -2.24. The molecule has 0 fully saturated rings. The topological polar surface area (TPSA) is 53.2 Å². The SMILES string of the molecule is CNP(=O)(NC)NC. The van der Waals surface area contributed by atoms with E-state index in [1.165, 1.54) is 0 Å². The number of hydrogen-bond donors (Lipinski definition) is 3. The second kappa shape index (κ2) is 3.20. The van der Waals surface area contributed by atoms with Crippen LogP contribution < -0.4 is 15.3 Å². The normalized spacial score (nSPS) is 11.9. The van der Waals surface area contributed by atoms with Crippen LogP contribution in [-0.2, 0) is 4.57 Å². The highest BCUT2D eigenvalue weighted by atomic mass is 31.2. The number of rotatable bonds is 3. The summed E-state index contributed by atoms with van der Waals surface area (Å²) < 4.78 is 11.0. The Morgan fingerprint density at radius 3 is 1.25 bits per heavy atom. The Hall–Kier alpha value is 0.110. The maximum Gasteiger partial charge on any atom is 0.278 e. The molecule has 0 rings (SSSR count). The van der Waals surface area contributed by atoms with Crippen LogP contribution in [-0.4, -0.2) is 21.1 Å². The molecule has 0 amide bonds. The van der Waals surface area contributed by atoms with E-state index in [1.54, 1.807) is 21.1 Å². The Bertz CT molecular complexity index is 85.7. The van der Waals surface area contributed by atoms with Crippen molar-refractivity contribution in [3.05, 3.63) is 0 Å². The molecule has 0 saturated carbocycles. The van der Waals surface area contributed by atoms with Gasteiger partial charge < -0.3 is 0 Å². The molecule has 0 heterocycles. The Labute approximate surface area is 49.6 Å². The molecule has 0 aliphatic carbocycles. The van der Waals surface area contributed by atoms with Gasteiger partial charge in [0.15, 0.2) is 0 Å². The van der Waals surface area contributed by atoms with E-state index < -0.39 is 7.59 Å². The smallest absolute Gasteiger partial charge is 0.271 e. The van der Waals surface area contributed by atoms with Crippen molar-refractivity contribution in [1.29, 1.82) is 0 Å². The van der Waals surface area contributed by atoms with Gasteiger partial charge in [-0.1, -0.05) is 0 Å². The lowest BCUT2D eigenvalue weighted by Gasteiger charge is -2.12. The first kappa shape index (κ1) is 8.11. The van der Waals surface area contributed by atoms with Crippen molar-refractivity contribution in [1.82, 2.24) is 15.3 Å². The summed E-state index contributed by atoms with van der Waals surface area (Å²) in [6.07, 6.45) is 0. The van der Waals surface area contributed by atoms with E-state index >= 15 is 0 Å². The van der Waals surface area contributed by atoms with Crippen LogP contribution in [0.4, 0.5) is 0 Å². The van der Waals surface area contributed by atoms with Gasteiger partial charge in [0.05, 0.1) is 0 Å². The van der Waals surface area contributed by atoms with Crippen molar-refractivity contribution in [2.24, 2.45) is 0 Å². The number of nitrogens with one attached hydrogen (secondary N) is 3. The highest BCUT2D eigenvalue weighted by Gasteiger charge is 2.10. The van der Waals surface area contributed by atoms with E-state index in [2.05, 4.69) is 15.3 Å². The molecule has 5 heteroatoms. The van der Waals surface area contributed by atoms with Crippen LogP contribution >= 0.6 is 7.59 Å². The minimum absolute atomic E-state index is 1.63. The van der Waals surface area contributed by atoms with E-state index in [0.717, 1.165) is 0 Å². The molecular formula is C3H12N3OP. The molecule has 0 aliphatic heterocycles. The Balaban J connectivity index is 3.79. The van der Waals surface area contributed by atoms with Gasteiger partial charge in [-0.2, -0.15) is 0 Å². The van der Waals surface area contributed by atoms with Crippen molar-refractivity contribution in [3.8, 4) is 0 Å². The van der Waals surface area contributed by atoms with Crippen LogP contribution in [0.5, 0.6) is 0 Å². The molecule has 50 valence electrons. The third kappa shape index (κ3) is 1.92. The maximum absolute atomic E-state index is 11.0. The van der Waals surface area contributed by atoms with Gasteiger partial charge in [0.1, 0.15) is 0 Å². The fourth-order valence-corrected chi connectivity index (χ4v) is 1.01. The highest BCUT2D eigenvalue weighted by molar-refractivity contribution is 7.57. The van der Waals surface area contributed by atoms with Gasteiger partial charge in [0.25, 0.3) is 7.59 Å². The van der Waals surface area contributed by atoms with Crippen molar-refractivity contribution < 1.29 is 4.57 Å². The molecule has 4 nitrogen and oxygen atoms in total. The summed E-state index contributed by atoms with van der Waals surface area (Å²) >= 11 is 0. The van der Waals surface area contributed by atoms with Gasteiger partial charge >= 0.3 is 0 Å². The number of hydrogen-bond acceptors (Lipinski definition) is 1. The molecular weight excluding hydrogens is 125 g/mol. The van der Waals surface area contributed by atoms with E-state index in [0.29, 0.717) is 0 Å². The summed E-state index contributed by atoms with van der Waals surface area (Å²) in [7, 11) is 2.49. The average Bonchev–Trinajstić information content (AvgIpc) is 1.87. The molecule has 3 N–H and O–H groups in total. The fraction of sp³-hybridized carbons (Fsp3) is 1.00. The molecule has 8 heavy (non-hydrogen) atoms. The largest absolute Gasteiger partial charge is 0.278 e. The standard InChI is InChI=1S/C3H12N3OP/c1-4-8(7,5-2)6-3/h1-3H3,(H3,4,5,6,7). The second-order valence-corrected chi connectivity index (χ2v) is 3.84. The van der Waals surface area contributed by atoms with Crippen LogP contribution in [0.1, 0.15) is 0 Å². The first-order valence-corrected chi connectivity index (χ1v) is 4.06. The average molecular weight is 137 g/mol. The minimum atomic E-state index is -2.41. The summed E-state index contributed by atoms with van der Waals surface area (Å²) in [6.45, 7) is 0. The molecule has 0 spiro atoms. The molecule has 0 radical (unpaired) electrons. The third-order valence-corrected chi connectivity index (χ3v) is 2.83. The first-order valence-electron chi connectivity index (χ1n) is 2.35. The van der Waals surface area contributed by atoms with Crippen molar-refractivity contribution in [2.45, 2.75) is 0 Å². The van der Waals surface area contributed by atoms with Gasteiger partial charge in [-0.05, 0) is 21.1 Å². The Kier molecular flexibility index (Phi) is 3.24. The molecule has 0 aromatic rings. The van der Waals surface area contributed by atoms with Gasteiger partial charge in [-0.3, -0.25) is 4.57 Å². The van der Waals surface area contributed by atoms with Gasteiger partial charge in [-0.25, -0.2) is 15.3 Å². The molecule has 0 aliphatic rings. The van der Waals surface area contributed by atoms with Crippen LogP contribution in [0, 0.1) is 0 Å². The predicted molar refractivity (Wildman–Crippen MR) is 34.8 cm³/mol. The third-order valence-electron chi connectivity index (χ3n) is 0.945. The van der Waals surface area contributed by atoms with Gasteiger partial charge in [-0.15, -0.1) is 0 Å². The molecule has 0 unspecified atom stereocenters. The summed E-state index contributed by atoms with van der Waals surface area (Å²) in [4.78, 5) is 0. The lowest BCUT2D eigenvalue weighted by atomic mass is 11.6. The van der Waals surface area contributed by atoms with Crippen molar-refractivity contribution >= 4 is 7.59 Å². The monoisotopic (exact) mass is 137 g/mol. The van der Waals surface area contributed by atoms with Crippen LogP contribution in [0.15, 0.2) is 0 Å². The molecule has 0 atom stereocenters. The Morgan fingerprint density at radius 1 is 1.00 bits per heavy atom. The predicted octanol–water partition coefficient (Wildman–Crippen LogP) is -0.247. The van der Waals surface area contributed by atoms with Gasteiger partial charge in [0, 0.05) is 0 Å². The van der Waals surface area contributed by atoms with Crippen LogP contribution in [0.2, 0.25) is 0 Å². The fourth-order valence-electron chi connectivity index (χ4n) is 0.335. The molecule has 0 saturated heterocycles. The Morgan fingerprint density at radius 2 is 1.25 bits per heavy atom. The van der Waals surface area contributed by atoms with E-state index in [1.807, 2.05) is 0 Å². The summed E-state index contributed by atoms with van der Waals surface area (Å²) in [5.74, 6) is 0. The molecule has 0 aromatic heterocycles. The lowest BCUT2D eigenvalue weighted by molar-refractivity contribution is 0.555. The van der Waals surface area contributed by atoms with Crippen LogP contribution in [0.25, 0.3) is 0 Å². The summed E-state index contributed by atoms with van der Waals surface area (Å²) in [5.41, 5.74) is 0. The zero-order valence-electron chi connectivity index (χ0n) is 5.36. The quantitative estimate of drug-likeness (QED) is 0.469. The van der Waals surface area contributed by atoms with Crippen molar-refractivity contribution in [3.63, 3.8) is 0 Å². The van der Waals surface area contributed by atoms with Gasteiger partial charge in [0.2, 0.25) is 0 Å². The molecule has 0 aromatic carbocycles. The summed E-state index contributed by atoms with van der Waals surface area (Å²) in [5, 5.41) is 7.83. The molecule has 0 bridgehead atoms. The zero-order chi connectivity index (χ0) is 6.62. The van der Waals surface area contributed by atoms with E-state index in [4.69, 9.17) is 0 Å². The van der Waals surface area contributed by atoms with Crippen molar-refractivity contribution in [2.75, 3.05) is 21.1 Å². The zero-order valence-corrected chi connectivity index (χ0v) is 6.25. The van der Waals surface area contributed by atoms with E-state index in [-0.39, 0.29) is 0 Å². The maximum atomic E-state index is 11.0. The highest BCUT2D eigenvalue weighted by Crippen LogP contribution is 2.25. The summed E-state index contributed by atoms with van der Waals surface area (Å²) in [6, 6.07) is 0. The first-order chi connectivity index (χ1) is 3.68. The second-order valence-electron chi connectivity index (χ2n) is 1.28. The minimum Gasteiger partial charge on any atom is -0.271 e. The van der Waals surface area contributed by atoms with Crippen LogP contribution in [0.3, 0.4) is 0 Å².